The van der Waals surface area contributed by atoms with Gasteiger partial charge in [0.05, 0.1) is 16.9 Å². The van der Waals surface area contributed by atoms with Crippen molar-refractivity contribution in [1.29, 1.82) is 0 Å². The monoisotopic (exact) mass is 210 g/mol. The highest BCUT2D eigenvalue weighted by Crippen LogP contribution is 2.17. The molecule has 0 atom stereocenters. The van der Waals surface area contributed by atoms with E-state index in [1.165, 1.54) is 25.7 Å². The van der Waals surface area contributed by atoms with Crippen molar-refractivity contribution >= 4 is 17.4 Å². The van der Waals surface area contributed by atoms with E-state index in [-0.39, 0.29) is 0 Å². The molecule has 0 radical (unpaired) electrons. The molecule has 2 nitrogen and oxygen atoms in total. The number of hydrogen-bond donors (Lipinski definition) is 1. The number of hydrogen-bond acceptors (Lipinski definition) is 3. The van der Waals surface area contributed by atoms with Crippen LogP contribution in [-0.4, -0.2) is 10.7 Å². The molecule has 0 aliphatic heterocycles. The summed E-state index contributed by atoms with van der Waals surface area (Å²) in [5.41, 5.74) is 6.29. The third kappa shape index (κ3) is 4.51. The van der Waals surface area contributed by atoms with Crippen molar-refractivity contribution in [2.24, 2.45) is 0 Å². The van der Waals surface area contributed by atoms with Gasteiger partial charge in [-0.1, -0.05) is 26.2 Å². The normalized spacial score (nSPS) is 10.4. The fourth-order valence-electron chi connectivity index (χ4n) is 1.18. The Morgan fingerprint density at radius 1 is 1.29 bits per heavy atom. The van der Waals surface area contributed by atoms with Crippen molar-refractivity contribution in [2.75, 3.05) is 11.5 Å². The van der Waals surface area contributed by atoms with E-state index in [4.69, 9.17) is 5.73 Å². The number of aromatic nitrogens is 1. The Balaban J connectivity index is 2.15. The topological polar surface area (TPSA) is 38.9 Å². The first-order chi connectivity index (χ1) is 6.83. The van der Waals surface area contributed by atoms with Crippen molar-refractivity contribution in [1.82, 2.24) is 4.98 Å². The van der Waals surface area contributed by atoms with Crippen LogP contribution in [0.4, 0.5) is 5.69 Å². The van der Waals surface area contributed by atoms with Gasteiger partial charge in [0.25, 0.3) is 0 Å². The number of pyridine rings is 1. The number of nitrogens with zero attached hydrogens (tertiary/aromatic N) is 1. The molecule has 1 rings (SSSR count). The van der Waals surface area contributed by atoms with Gasteiger partial charge < -0.3 is 5.73 Å². The van der Waals surface area contributed by atoms with Crippen LogP contribution in [0.1, 0.15) is 32.6 Å². The van der Waals surface area contributed by atoms with E-state index in [0.717, 1.165) is 16.5 Å². The van der Waals surface area contributed by atoms with Gasteiger partial charge >= 0.3 is 0 Å². The predicted molar refractivity (Wildman–Crippen MR) is 63.5 cm³/mol. The zero-order chi connectivity index (χ0) is 10.2. The highest BCUT2D eigenvalue weighted by molar-refractivity contribution is 7.99. The zero-order valence-corrected chi connectivity index (χ0v) is 9.52. The van der Waals surface area contributed by atoms with Crippen LogP contribution in [0.3, 0.4) is 0 Å². The molecule has 0 aromatic carbocycles. The van der Waals surface area contributed by atoms with Crippen LogP contribution in [0.15, 0.2) is 23.4 Å². The van der Waals surface area contributed by atoms with Crippen LogP contribution in [0.25, 0.3) is 0 Å². The Labute approximate surface area is 90.3 Å². The van der Waals surface area contributed by atoms with Crippen LogP contribution in [0, 0.1) is 0 Å². The highest BCUT2D eigenvalue weighted by Gasteiger charge is 1.95. The third-order valence-electron chi connectivity index (χ3n) is 2.01. The van der Waals surface area contributed by atoms with Crippen LogP contribution in [-0.2, 0) is 0 Å². The standard InChI is InChI=1S/C11H18N2S/c1-2-3-4-5-8-14-11-7-6-10(12)9-13-11/h6-7,9H,2-5,8,12H2,1H3. The molecule has 2 N–H and O–H groups in total. The number of nitrogen functional groups attached to an aromatic ring is 1. The maximum absolute atomic E-state index is 5.55. The molecule has 1 aromatic rings. The van der Waals surface area contributed by atoms with E-state index in [1.807, 2.05) is 23.9 Å². The van der Waals surface area contributed by atoms with Crippen LogP contribution >= 0.6 is 11.8 Å². The summed E-state index contributed by atoms with van der Waals surface area (Å²) in [4.78, 5) is 4.23. The molecule has 0 fully saturated rings. The molecule has 0 saturated carbocycles. The summed E-state index contributed by atoms with van der Waals surface area (Å²) in [7, 11) is 0. The highest BCUT2D eigenvalue weighted by atomic mass is 32.2. The van der Waals surface area contributed by atoms with E-state index >= 15 is 0 Å². The van der Waals surface area contributed by atoms with Crippen molar-refractivity contribution in [2.45, 2.75) is 37.6 Å². The number of anilines is 1. The van der Waals surface area contributed by atoms with Crippen molar-refractivity contribution in [3.05, 3.63) is 18.3 Å². The second kappa shape index (κ2) is 6.71. The van der Waals surface area contributed by atoms with E-state index in [2.05, 4.69) is 11.9 Å². The Kier molecular flexibility index (Phi) is 5.45. The number of thioether (sulfide) groups is 1. The minimum atomic E-state index is 0.736. The molecule has 0 unspecified atom stereocenters. The van der Waals surface area contributed by atoms with Gasteiger partial charge in [-0.25, -0.2) is 4.98 Å². The Bertz CT molecular complexity index is 246. The van der Waals surface area contributed by atoms with Gasteiger partial charge in [0.1, 0.15) is 0 Å². The van der Waals surface area contributed by atoms with Gasteiger partial charge in [0.2, 0.25) is 0 Å². The van der Waals surface area contributed by atoms with Gasteiger partial charge in [-0.05, 0) is 24.3 Å². The first-order valence-corrected chi connectivity index (χ1v) is 6.16. The van der Waals surface area contributed by atoms with Gasteiger partial charge in [0.15, 0.2) is 0 Å². The Hall–Kier alpha value is -0.700. The number of rotatable bonds is 6. The molecule has 1 heterocycles. The minimum Gasteiger partial charge on any atom is -0.397 e. The average molecular weight is 210 g/mol. The van der Waals surface area contributed by atoms with Crippen LogP contribution in [0.2, 0.25) is 0 Å². The van der Waals surface area contributed by atoms with E-state index in [0.29, 0.717) is 0 Å². The first-order valence-electron chi connectivity index (χ1n) is 5.17. The summed E-state index contributed by atoms with van der Waals surface area (Å²) in [6.45, 7) is 2.23. The molecule has 0 aliphatic carbocycles. The maximum atomic E-state index is 5.55. The first kappa shape index (κ1) is 11.4. The molecular weight excluding hydrogens is 192 g/mol. The molecule has 0 bridgehead atoms. The van der Waals surface area contributed by atoms with Crippen molar-refractivity contribution in [3.8, 4) is 0 Å². The minimum absolute atomic E-state index is 0.736. The summed E-state index contributed by atoms with van der Waals surface area (Å²) < 4.78 is 0. The molecule has 0 amide bonds. The summed E-state index contributed by atoms with van der Waals surface area (Å²) in [6, 6.07) is 3.89. The van der Waals surface area contributed by atoms with Gasteiger partial charge in [-0.2, -0.15) is 0 Å². The molecule has 0 spiro atoms. The van der Waals surface area contributed by atoms with E-state index in [9.17, 15) is 0 Å². The lowest BCUT2D eigenvalue weighted by molar-refractivity contribution is 0.706. The smallest absolute Gasteiger partial charge is 0.0961 e. The van der Waals surface area contributed by atoms with Gasteiger partial charge in [-0.15, -0.1) is 11.8 Å². The van der Waals surface area contributed by atoms with E-state index in [1.54, 1.807) is 6.20 Å². The number of nitrogens with two attached hydrogens (primary N) is 1. The lowest BCUT2D eigenvalue weighted by Gasteiger charge is -2.00. The number of unbranched alkanes of at least 4 members (excludes halogenated alkanes) is 3. The average Bonchev–Trinajstić information content (AvgIpc) is 2.21. The lowest BCUT2D eigenvalue weighted by atomic mass is 10.2. The molecule has 78 valence electrons. The van der Waals surface area contributed by atoms with Gasteiger partial charge in [-0.3, -0.25) is 0 Å². The second-order valence-corrected chi connectivity index (χ2v) is 4.45. The summed E-state index contributed by atoms with van der Waals surface area (Å²) in [5, 5.41) is 1.08. The quantitative estimate of drug-likeness (QED) is 0.578. The molecule has 1 aromatic heterocycles. The lowest BCUT2D eigenvalue weighted by Crippen LogP contribution is -1.87. The largest absolute Gasteiger partial charge is 0.397 e. The third-order valence-corrected chi connectivity index (χ3v) is 3.04. The van der Waals surface area contributed by atoms with Crippen LogP contribution < -0.4 is 5.73 Å². The molecule has 0 aliphatic rings. The molecule has 0 saturated heterocycles. The summed E-state index contributed by atoms with van der Waals surface area (Å²) in [5.74, 6) is 1.16. The molecule has 14 heavy (non-hydrogen) atoms. The maximum Gasteiger partial charge on any atom is 0.0961 e. The Morgan fingerprint density at radius 3 is 2.79 bits per heavy atom. The Morgan fingerprint density at radius 2 is 2.14 bits per heavy atom. The fourth-order valence-corrected chi connectivity index (χ4v) is 2.03. The SMILES string of the molecule is CCCCCCSc1ccc(N)cn1. The molecule has 3 heteroatoms. The molecular formula is C11H18N2S. The van der Waals surface area contributed by atoms with Crippen LogP contribution in [0.5, 0.6) is 0 Å². The fraction of sp³-hybridized carbons (Fsp3) is 0.545. The summed E-state index contributed by atoms with van der Waals surface area (Å²) in [6.07, 6.45) is 6.97. The van der Waals surface area contributed by atoms with Crippen molar-refractivity contribution in [3.63, 3.8) is 0 Å². The zero-order valence-electron chi connectivity index (χ0n) is 8.70. The summed E-state index contributed by atoms with van der Waals surface area (Å²) >= 11 is 1.81. The second-order valence-electron chi connectivity index (χ2n) is 3.34. The van der Waals surface area contributed by atoms with E-state index < -0.39 is 0 Å². The predicted octanol–water partition coefficient (Wildman–Crippen LogP) is 3.34. The van der Waals surface area contributed by atoms with Gasteiger partial charge in [0, 0.05) is 0 Å². The van der Waals surface area contributed by atoms with Crippen molar-refractivity contribution < 1.29 is 0 Å².